The van der Waals surface area contributed by atoms with Crippen LogP contribution in [0.3, 0.4) is 0 Å². The molecule has 4 nitrogen and oxygen atoms in total. The number of hydrogen-bond donors (Lipinski definition) is 2. The van der Waals surface area contributed by atoms with Crippen LogP contribution in [0.25, 0.3) is 10.4 Å². The zero-order valence-electron chi connectivity index (χ0n) is 8.38. The number of thiazole rings is 1. The maximum absolute atomic E-state index is 10.1. The number of carbonyl (C=O) groups is 1. The summed E-state index contributed by atoms with van der Waals surface area (Å²) in [6.07, 6.45) is 0.670. The minimum absolute atomic E-state index is 0.0590. The van der Waals surface area contributed by atoms with Crippen molar-refractivity contribution in [3.8, 4) is 16.3 Å². The first-order valence-electron chi connectivity index (χ1n) is 4.70. The quantitative estimate of drug-likeness (QED) is 0.792. The second-order valence-electron chi connectivity index (χ2n) is 3.20. The molecule has 1 heterocycles. The summed E-state index contributed by atoms with van der Waals surface area (Å²) in [5.41, 5.74) is 3.54. The van der Waals surface area contributed by atoms with E-state index in [0.29, 0.717) is 13.0 Å². The second-order valence-corrected chi connectivity index (χ2v) is 4.06. The molecule has 0 fully saturated rings. The Morgan fingerprint density at radius 3 is 2.69 bits per heavy atom. The molecule has 1 aromatic carbocycles. The Balaban J connectivity index is 2.19. The SMILES string of the molecule is O=CNCc1ccc(-c2scnc2O)cc1. The molecular formula is C11H10N2O2S. The molecule has 0 aliphatic carbocycles. The van der Waals surface area contributed by atoms with Gasteiger partial charge in [0.25, 0.3) is 0 Å². The highest BCUT2D eigenvalue weighted by molar-refractivity contribution is 7.13. The Labute approximate surface area is 96.6 Å². The molecule has 0 spiro atoms. The fourth-order valence-electron chi connectivity index (χ4n) is 1.37. The molecule has 82 valence electrons. The second kappa shape index (κ2) is 4.76. The van der Waals surface area contributed by atoms with Crippen LogP contribution in [0.15, 0.2) is 29.8 Å². The third kappa shape index (κ3) is 2.20. The van der Waals surface area contributed by atoms with Gasteiger partial charge in [0, 0.05) is 6.54 Å². The Bertz CT molecular complexity index is 479. The zero-order chi connectivity index (χ0) is 11.4. The summed E-state index contributed by atoms with van der Waals surface area (Å²) in [7, 11) is 0. The molecule has 0 saturated heterocycles. The summed E-state index contributed by atoms with van der Waals surface area (Å²) < 4.78 is 0. The summed E-state index contributed by atoms with van der Waals surface area (Å²) in [6.45, 7) is 0.512. The van der Waals surface area contributed by atoms with Crippen molar-refractivity contribution in [2.75, 3.05) is 0 Å². The lowest BCUT2D eigenvalue weighted by molar-refractivity contribution is -0.109. The summed E-state index contributed by atoms with van der Waals surface area (Å²) in [5, 5.41) is 12.0. The third-order valence-electron chi connectivity index (χ3n) is 2.15. The number of aromatic nitrogens is 1. The van der Waals surface area contributed by atoms with Gasteiger partial charge < -0.3 is 10.4 Å². The van der Waals surface area contributed by atoms with E-state index in [1.807, 2.05) is 24.3 Å². The van der Waals surface area contributed by atoms with E-state index in [4.69, 9.17) is 0 Å². The van der Waals surface area contributed by atoms with Crippen LogP contribution in [0.1, 0.15) is 5.56 Å². The maximum atomic E-state index is 10.1. The van der Waals surface area contributed by atoms with E-state index in [1.165, 1.54) is 11.3 Å². The number of carbonyl (C=O) groups excluding carboxylic acids is 1. The number of amides is 1. The van der Waals surface area contributed by atoms with E-state index in [2.05, 4.69) is 10.3 Å². The third-order valence-corrected chi connectivity index (χ3v) is 3.02. The van der Waals surface area contributed by atoms with Gasteiger partial charge >= 0.3 is 0 Å². The van der Waals surface area contributed by atoms with Gasteiger partial charge in [-0.15, -0.1) is 11.3 Å². The number of nitrogens with zero attached hydrogens (tertiary/aromatic N) is 1. The van der Waals surface area contributed by atoms with Crippen LogP contribution in [-0.4, -0.2) is 16.5 Å². The minimum Gasteiger partial charge on any atom is -0.492 e. The molecule has 0 aliphatic rings. The van der Waals surface area contributed by atoms with Gasteiger partial charge in [0.05, 0.1) is 10.4 Å². The molecule has 5 heteroatoms. The number of rotatable bonds is 4. The van der Waals surface area contributed by atoms with Crippen LogP contribution in [0.5, 0.6) is 5.88 Å². The molecule has 2 N–H and O–H groups in total. The fraction of sp³-hybridized carbons (Fsp3) is 0.0909. The highest BCUT2D eigenvalue weighted by Gasteiger charge is 2.06. The van der Waals surface area contributed by atoms with E-state index in [1.54, 1.807) is 5.51 Å². The van der Waals surface area contributed by atoms with Crippen molar-refractivity contribution in [2.24, 2.45) is 0 Å². The van der Waals surface area contributed by atoms with Crippen LogP contribution >= 0.6 is 11.3 Å². The van der Waals surface area contributed by atoms with Crippen LogP contribution in [-0.2, 0) is 11.3 Å². The van der Waals surface area contributed by atoms with Gasteiger partial charge in [-0.3, -0.25) is 4.79 Å². The van der Waals surface area contributed by atoms with Gasteiger partial charge in [0.15, 0.2) is 0 Å². The first kappa shape index (κ1) is 10.6. The fourth-order valence-corrected chi connectivity index (χ4v) is 2.06. The van der Waals surface area contributed by atoms with Crippen molar-refractivity contribution < 1.29 is 9.90 Å². The van der Waals surface area contributed by atoms with Crippen LogP contribution in [0.2, 0.25) is 0 Å². The van der Waals surface area contributed by atoms with Crippen molar-refractivity contribution in [2.45, 2.75) is 6.54 Å². The molecule has 0 atom stereocenters. The zero-order valence-corrected chi connectivity index (χ0v) is 9.20. The largest absolute Gasteiger partial charge is 0.492 e. The van der Waals surface area contributed by atoms with Gasteiger partial charge in [0.1, 0.15) is 0 Å². The highest BCUT2D eigenvalue weighted by Crippen LogP contribution is 2.31. The topological polar surface area (TPSA) is 62.2 Å². The number of benzene rings is 1. The van der Waals surface area contributed by atoms with E-state index in [0.717, 1.165) is 16.0 Å². The van der Waals surface area contributed by atoms with Crippen LogP contribution in [0, 0.1) is 0 Å². The molecule has 1 aromatic heterocycles. The number of nitrogens with one attached hydrogen (secondary N) is 1. The average Bonchev–Trinajstić information content (AvgIpc) is 2.74. The predicted molar refractivity (Wildman–Crippen MR) is 62.1 cm³/mol. The van der Waals surface area contributed by atoms with Crippen LogP contribution in [0.4, 0.5) is 0 Å². The normalized spacial score (nSPS) is 10.0. The number of aromatic hydroxyl groups is 1. The van der Waals surface area contributed by atoms with Gasteiger partial charge in [-0.05, 0) is 11.1 Å². The first-order valence-corrected chi connectivity index (χ1v) is 5.58. The van der Waals surface area contributed by atoms with E-state index >= 15 is 0 Å². The number of hydrogen-bond acceptors (Lipinski definition) is 4. The standard InChI is InChI=1S/C11H10N2O2S/c14-6-12-5-8-1-3-9(4-2-8)10-11(15)13-7-16-10/h1-4,6-7,15H,5H2,(H,12,14). The summed E-state index contributed by atoms with van der Waals surface area (Å²) in [4.78, 5) is 14.7. The Hall–Kier alpha value is -1.88. The Morgan fingerprint density at radius 1 is 1.38 bits per heavy atom. The Kier molecular flexibility index (Phi) is 3.16. The lowest BCUT2D eigenvalue weighted by atomic mass is 10.1. The van der Waals surface area contributed by atoms with E-state index in [-0.39, 0.29) is 5.88 Å². The van der Waals surface area contributed by atoms with E-state index in [9.17, 15) is 9.90 Å². The highest BCUT2D eigenvalue weighted by atomic mass is 32.1. The van der Waals surface area contributed by atoms with Gasteiger partial charge in [-0.25, -0.2) is 4.98 Å². The molecule has 0 radical (unpaired) electrons. The summed E-state index contributed by atoms with van der Waals surface area (Å²) >= 11 is 1.39. The summed E-state index contributed by atoms with van der Waals surface area (Å²) in [6, 6.07) is 7.61. The van der Waals surface area contributed by atoms with Crippen molar-refractivity contribution in [3.63, 3.8) is 0 Å². The maximum Gasteiger partial charge on any atom is 0.230 e. The smallest absolute Gasteiger partial charge is 0.230 e. The summed E-state index contributed by atoms with van der Waals surface area (Å²) in [5.74, 6) is 0.0590. The lowest BCUT2D eigenvalue weighted by Gasteiger charge is -2.02. The lowest BCUT2D eigenvalue weighted by Crippen LogP contribution is -2.09. The molecule has 2 rings (SSSR count). The van der Waals surface area contributed by atoms with Crippen molar-refractivity contribution in [1.29, 1.82) is 0 Å². The van der Waals surface area contributed by atoms with Gasteiger partial charge in [-0.2, -0.15) is 0 Å². The average molecular weight is 234 g/mol. The minimum atomic E-state index is 0.0590. The first-order chi connectivity index (χ1) is 7.81. The van der Waals surface area contributed by atoms with Gasteiger partial charge in [0.2, 0.25) is 12.3 Å². The predicted octanol–water partition coefficient (Wildman–Crippen LogP) is 1.76. The Morgan fingerprint density at radius 2 is 2.12 bits per heavy atom. The van der Waals surface area contributed by atoms with Gasteiger partial charge in [-0.1, -0.05) is 24.3 Å². The van der Waals surface area contributed by atoms with Crippen LogP contribution < -0.4 is 5.32 Å². The molecule has 2 aromatic rings. The van der Waals surface area contributed by atoms with Crippen molar-refractivity contribution >= 4 is 17.7 Å². The molecule has 0 unspecified atom stereocenters. The monoisotopic (exact) mass is 234 g/mol. The molecule has 0 aliphatic heterocycles. The molecule has 0 bridgehead atoms. The van der Waals surface area contributed by atoms with Crippen molar-refractivity contribution in [3.05, 3.63) is 35.3 Å². The molecule has 0 saturated carbocycles. The molecule has 1 amide bonds. The van der Waals surface area contributed by atoms with Crippen molar-refractivity contribution in [1.82, 2.24) is 10.3 Å². The molecular weight excluding hydrogens is 224 g/mol. The molecule has 16 heavy (non-hydrogen) atoms. The van der Waals surface area contributed by atoms with E-state index < -0.39 is 0 Å².